The molecule has 0 radical (unpaired) electrons. The van der Waals surface area contributed by atoms with Gasteiger partial charge in [-0.3, -0.25) is 9.69 Å². The molecule has 0 aromatic carbocycles. The molecule has 0 aliphatic carbocycles. The number of anilines is 2. The third-order valence-corrected chi connectivity index (χ3v) is 4.10. The molecule has 0 unspecified atom stereocenters. The highest BCUT2D eigenvalue weighted by Gasteiger charge is 2.19. The summed E-state index contributed by atoms with van der Waals surface area (Å²) >= 11 is 0. The van der Waals surface area contributed by atoms with Crippen molar-refractivity contribution >= 4 is 11.5 Å². The number of nitrogens with one attached hydrogen (secondary N) is 1. The average Bonchev–Trinajstić information content (AvgIpc) is 2.59. The molecule has 1 aliphatic rings. The van der Waals surface area contributed by atoms with Gasteiger partial charge in [-0.25, -0.2) is 9.67 Å². The fraction of sp³-hybridized carbons (Fsp3) is 0.438. The molecule has 122 valence electrons. The van der Waals surface area contributed by atoms with Crippen LogP contribution in [0.5, 0.6) is 0 Å². The van der Waals surface area contributed by atoms with E-state index in [1.807, 2.05) is 18.2 Å². The van der Waals surface area contributed by atoms with Crippen LogP contribution in [0.3, 0.4) is 0 Å². The van der Waals surface area contributed by atoms with E-state index in [9.17, 15) is 4.79 Å². The summed E-state index contributed by atoms with van der Waals surface area (Å²) in [5.74, 6) is 0.909. The first-order chi connectivity index (χ1) is 11.2. The lowest BCUT2D eigenvalue weighted by Crippen LogP contribution is -2.49. The highest BCUT2D eigenvalue weighted by atomic mass is 16.1. The lowest BCUT2D eigenvalue weighted by molar-refractivity contribution is 0.267. The molecule has 1 N–H and O–H groups in total. The molecule has 2 aromatic heterocycles. The summed E-state index contributed by atoms with van der Waals surface area (Å²) < 4.78 is 1.39. The molecule has 0 amide bonds. The molecule has 3 heterocycles. The molecule has 0 saturated carbocycles. The number of rotatable bonds is 5. The fourth-order valence-electron chi connectivity index (χ4n) is 2.76. The van der Waals surface area contributed by atoms with Crippen molar-refractivity contribution < 1.29 is 0 Å². The zero-order chi connectivity index (χ0) is 16.1. The minimum Gasteiger partial charge on any atom is -0.369 e. The van der Waals surface area contributed by atoms with Gasteiger partial charge in [-0.1, -0.05) is 6.07 Å². The molecule has 23 heavy (non-hydrogen) atoms. The standard InChI is InChI=1S/C16H22N6O/c1-20-16(23)14(5-7-19-20)22-12-10-21(11-13-22)9-8-18-15-4-2-3-6-17-15/h2-7H,8-13H2,1H3,(H,17,18). The highest BCUT2D eigenvalue weighted by Crippen LogP contribution is 2.10. The summed E-state index contributed by atoms with van der Waals surface area (Å²) in [5, 5.41) is 7.29. The predicted molar refractivity (Wildman–Crippen MR) is 90.9 cm³/mol. The Kier molecular flexibility index (Phi) is 4.87. The van der Waals surface area contributed by atoms with Gasteiger partial charge >= 0.3 is 0 Å². The zero-order valence-electron chi connectivity index (χ0n) is 13.4. The van der Waals surface area contributed by atoms with E-state index in [2.05, 4.69) is 25.2 Å². The summed E-state index contributed by atoms with van der Waals surface area (Å²) in [6.07, 6.45) is 3.47. The maximum Gasteiger partial charge on any atom is 0.290 e. The number of nitrogens with zero attached hydrogens (tertiary/aromatic N) is 5. The molecule has 3 rings (SSSR count). The number of aromatic nitrogens is 3. The predicted octanol–water partition coefficient (Wildman–Crippen LogP) is 0.409. The van der Waals surface area contributed by atoms with Crippen LogP contribution in [0.4, 0.5) is 11.5 Å². The van der Waals surface area contributed by atoms with Crippen LogP contribution >= 0.6 is 0 Å². The Labute approximate surface area is 135 Å². The van der Waals surface area contributed by atoms with Gasteiger partial charge in [0.25, 0.3) is 5.56 Å². The summed E-state index contributed by atoms with van der Waals surface area (Å²) in [5.41, 5.74) is 0.714. The second kappa shape index (κ2) is 7.23. The first-order valence-corrected chi connectivity index (χ1v) is 7.88. The van der Waals surface area contributed by atoms with Crippen molar-refractivity contribution in [1.29, 1.82) is 0 Å². The minimum absolute atomic E-state index is 0.0298. The van der Waals surface area contributed by atoms with Crippen molar-refractivity contribution in [1.82, 2.24) is 19.7 Å². The van der Waals surface area contributed by atoms with Crippen LogP contribution in [-0.4, -0.2) is 58.9 Å². The molecule has 1 fully saturated rings. The van der Waals surface area contributed by atoms with Crippen LogP contribution in [-0.2, 0) is 7.05 Å². The largest absolute Gasteiger partial charge is 0.369 e. The van der Waals surface area contributed by atoms with Gasteiger partial charge in [0, 0.05) is 58.7 Å². The van der Waals surface area contributed by atoms with Gasteiger partial charge < -0.3 is 10.2 Å². The number of aryl methyl sites for hydroxylation is 1. The molecule has 1 aliphatic heterocycles. The van der Waals surface area contributed by atoms with Crippen LogP contribution in [0.2, 0.25) is 0 Å². The van der Waals surface area contributed by atoms with Crippen molar-refractivity contribution in [2.45, 2.75) is 0 Å². The van der Waals surface area contributed by atoms with Crippen LogP contribution in [0.15, 0.2) is 41.5 Å². The Morgan fingerprint density at radius 1 is 1.13 bits per heavy atom. The van der Waals surface area contributed by atoms with Crippen molar-refractivity contribution in [2.75, 3.05) is 49.5 Å². The molecule has 0 atom stereocenters. The smallest absolute Gasteiger partial charge is 0.290 e. The third kappa shape index (κ3) is 3.87. The number of pyridine rings is 1. The minimum atomic E-state index is -0.0298. The van der Waals surface area contributed by atoms with Gasteiger partial charge in [0.15, 0.2) is 0 Å². The topological polar surface area (TPSA) is 66.3 Å². The molecular formula is C16H22N6O. The van der Waals surface area contributed by atoms with E-state index in [0.717, 1.165) is 50.8 Å². The van der Waals surface area contributed by atoms with Crippen molar-refractivity contribution in [3.63, 3.8) is 0 Å². The molecule has 0 spiro atoms. The summed E-state index contributed by atoms with van der Waals surface area (Å²) in [6, 6.07) is 7.66. The Morgan fingerprint density at radius 2 is 1.96 bits per heavy atom. The van der Waals surface area contributed by atoms with Crippen LogP contribution in [0.1, 0.15) is 0 Å². The van der Waals surface area contributed by atoms with Gasteiger partial charge in [-0.15, -0.1) is 0 Å². The van der Waals surface area contributed by atoms with Crippen LogP contribution in [0.25, 0.3) is 0 Å². The van der Waals surface area contributed by atoms with Crippen molar-refractivity contribution in [2.24, 2.45) is 7.05 Å². The van der Waals surface area contributed by atoms with Gasteiger partial charge in [-0.05, 0) is 18.2 Å². The van der Waals surface area contributed by atoms with E-state index in [1.54, 1.807) is 25.5 Å². The molecule has 2 aromatic rings. The molecule has 7 nitrogen and oxygen atoms in total. The molecular weight excluding hydrogens is 292 g/mol. The number of hydrogen-bond acceptors (Lipinski definition) is 6. The second-order valence-electron chi connectivity index (χ2n) is 5.62. The summed E-state index contributed by atoms with van der Waals surface area (Å²) in [6.45, 7) is 5.48. The highest BCUT2D eigenvalue weighted by molar-refractivity contribution is 5.43. The first-order valence-electron chi connectivity index (χ1n) is 7.88. The van der Waals surface area contributed by atoms with E-state index < -0.39 is 0 Å². The Hall–Kier alpha value is -2.41. The maximum absolute atomic E-state index is 12.1. The fourth-order valence-corrected chi connectivity index (χ4v) is 2.76. The quantitative estimate of drug-likeness (QED) is 0.862. The Morgan fingerprint density at radius 3 is 2.70 bits per heavy atom. The van der Waals surface area contributed by atoms with Gasteiger partial charge in [-0.2, -0.15) is 5.10 Å². The normalized spacial score (nSPS) is 15.6. The molecule has 7 heteroatoms. The van der Waals surface area contributed by atoms with E-state index in [0.29, 0.717) is 0 Å². The van der Waals surface area contributed by atoms with Gasteiger partial charge in [0.2, 0.25) is 0 Å². The van der Waals surface area contributed by atoms with Crippen molar-refractivity contribution in [3.8, 4) is 0 Å². The molecule has 1 saturated heterocycles. The number of piperazine rings is 1. The lowest BCUT2D eigenvalue weighted by atomic mass is 10.3. The first kappa shape index (κ1) is 15.5. The second-order valence-corrected chi connectivity index (χ2v) is 5.62. The molecule has 0 bridgehead atoms. The maximum atomic E-state index is 12.1. The Bertz CT molecular complexity index is 678. The van der Waals surface area contributed by atoms with E-state index in [-0.39, 0.29) is 5.56 Å². The van der Waals surface area contributed by atoms with Gasteiger partial charge in [0.1, 0.15) is 11.5 Å². The number of hydrogen-bond donors (Lipinski definition) is 1. The zero-order valence-corrected chi connectivity index (χ0v) is 13.4. The SMILES string of the molecule is Cn1nccc(N2CCN(CCNc3ccccn3)CC2)c1=O. The van der Waals surface area contributed by atoms with E-state index in [1.165, 1.54) is 4.68 Å². The van der Waals surface area contributed by atoms with Crippen LogP contribution < -0.4 is 15.8 Å². The summed E-state index contributed by atoms with van der Waals surface area (Å²) in [7, 11) is 1.69. The lowest BCUT2D eigenvalue weighted by Gasteiger charge is -2.35. The van der Waals surface area contributed by atoms with E-state index >= 15 is 0 Å². The summed E-state index contributed by atoms with van der Waals surface area (Å²) in [4.78, 5) is 20.9. The third-order valence-electron chi connectivity index (χ3n) is 4.10. The van der Waals surface area contributed by atoms with Crippen LogP contribution in [0, 0.1) is 0 Å². The van der Waals surface area contributed by atoms with E-state index in [4.69, 9.17) is 0 Å². The van der Waals surface area contributed by atoms with Crippen molar-refractivity contribution in [3.05, 3.63) is 47.0 Å². The average molecular weight is 314 g/mol. The monoisotopic (exact) mass is 314 g/mol. The Balaban J connectivity index is 1.47. The van der Waals surface area contributed by atoms with Gasteiger partial charge in [0.05, 0.1) is 0 Å².